The third kappa shape index (κ3) is 2.28. The quantitative estimate of drug-likeness (QED) is 0.792. The number of hydrogen-bond donors (Lipinski definition) is 0. The van der Waals surface area contributed by atoms with Gasteiger partial charge in [0.15, 0.2) is 11.7 Å². The third-order valence-corrected chi connectivity index (χ3v) is 3.35. The first-order valence-electron chi connectivity index (χ1n) is 6.07. The highest BCUT2D eigenvalue weighted by molar-refractivity contribution is 6.17. The van der Waals surface area contributed by atoms with Crippen molar-refractivity contribution < 1.29 is 9.15 Å². The van der Waals surface area contributed by atoms with Crippen molar-refractivity contribution in [3.05, 3.63) is 41.4 Å². The van der Waals surface area contributed by atoms with Crippen molar-refractivity contribution in [1.29, 1.82) is 0 Å². The number of nitrogens with zero attached hydrogens (tertiary/aromatic N) is 1. The number of ether oxygens (including phenoxy) is 1. The normalized spacial score (nSPS) is 13.8. The molecule has 2 heterocycles. The smallest absolute Gasteiger partial charge is 0.194 e. The lowest BCUT2D eigenvalue weighted by Gasteiger charge is -2.00. The van der Waals surface area contributed by atoms with Crippen molar-refractivity contribution in [2.75, 3.05) is 5.88 Å². The Hall–Kier alpha value is -1.32. The van der Waals surface area contributed by atoms with Crippen LogP contribution in [0.3, 0.4) is 0 Å². The highest BCUT2D eigenvalue weighted by Gasteiger charge is 2.13. The molecule has 0 atom stereocenters. The summed E-state index contributed by atoms with van der Waals surface area (Å²) in [6, 6.07) is 6.27. The molecular weight excluding hydrogens is 250 g/mol. The van der Waals surface area contributed by atoms with Crippen LogP contribution < -0.4 is 0 Å². The van der Waals surface area contributed by atoms with E-state index in [0.717, 1.165) is 30.1 Å². The molecule has 94 valence electrons. The Kier molecular flexibility index (Phi) is 3.35. The molecule has 0 bridgehead atoms. The summed E-state index contributed by atoms with van der Waals surface area (Å²) in [4.78, 5) is 4.27. The number of hydrogen-bond acceptors (Lipinski definition) is 3. The van der Waals surface area contributed by atoms with Crippen LogP contribution in [0.2, 0.25) is 0 Å². The molecule has 0 saturated heterocycles. The van der Waals surface area contributed by atoms with E-state index >= 15 is 0 Å². The van der Waals surface area contributed by atoms with Crippen LogP contribution in [0.25, 0.3) is 11.3 Å². The topological polar surface area (TPSA) is 35.3 Å². The van der Waals surface area contributed by atoms with E-state index in [0.29, 0.717) is 19.1 Å². The first-order chi connectivity index (χ1) is 8.86. The second kappa shape index (κ2) is 5.12. The SMILES string of the molecule is ClCCCc1ncc(-c2ccc3c(c2)COC3)o1. The highest BCUT2D eigenvalue weighted by atomic mass is 35.5. The summed E-state index contributed by atoms with van der Waals surface area (Å²) in [7, 11) is 0. The number of aryl methyl sites for hydroxylation is 1. The predicted octanol–water partition coefficient (Wildman–Crippen LogP) is 3.54. The van der Waals surface area contributed by atoms with Gasteiger partial charge in [-0.25, -0.2) is 4.98 Å². The van der Waals surface area contributed by atoms with Crippen molar-refractivity contribution in [1.82, 2.24) is 4.98 Å². The fraction of sp³-hybridized carbons (Fsp3) is 0.357. The Morgan fingerprint density at radius 3 is 3.00 bits per heavy atom. The molecule has 0 amide bonds. The number of benzene rings is 1. The van der Waals surface area contributed by atoms with E-state index in [1.165, 1.54) is 11.1 Å². The average molecular weight is 264 g/mol. The van der Waals surface area contributed by atoms with E-state index in [2.05, 4.69) is 23.2 Å². The van der Waals surface area contributed by atoms with Crippen molar-refractivity contribution in [3.8, 4) is 11.3 Å². The van der Waals surface area contributed by atoms with Crippen LogP contribution in [0.5, 0.6) is 0 Å². The minimum Gasteiger partial charge on any atom is -0.441 e. The van der Waals surface area contributed by atoms with E-state index in [-0.39, 0.29) is 0 Å². The van der Waals surface area contributed by atoms with Gasteiger partial charge in [0.25, 0.3) is 0 Å². The van der Waals surface area contributed by atoms with Crippen LogP contribution in [0.4, 0.5) is 0 Å². The van der Waals surface area contributed by atoms with Crippen molar-refractivity contribution in [2.24, 2.45) is 0 Å². The minimum atomic E-state index is 0.633. The molecule has 0 saturated carbocycles. The van der Waals surface area contributed by atoms with Gasteiger partial charge in [-0.15, -0.1) is 11.6 Å². The minimum absolute atomic E-state index is 0.633. The lowest BCUT2D eigenvalue weighted by atomic mass is 10.1. The van der Waals surface area contributed by atoms with Crippen LogP contribution in [-0.2, 0) is 24.4 Å². The Morgan fingerprint density at radius 1 is 1.22 bits per heavy atom. The van der Waals surface area contributed by atoms with Crippen molar-refractivity contribution in [2.45, 2.75) is 26.1 Å². The molecule has 3 nitrogen and oxygen atoms in total. The van der Waals surface area contributed by atoms with Gasteiger partial charge in [-0.1, -0.05) is 12.1 Å². The lowest BCUT2D eigenvalue weighted by molar-refractivity contribution is 0.134. The number of oxazole rings is 1. The number of aromatic nitrogens is 1. The van der Waals surface area contributed by atoms with Crippen LogP contribution in [0.1, 0.15) is 23.4 Å². The summed E-state index contributed by atoms with van der Waals surface area (Å²) in [5.74, 6) is 2.20. The van der Waals surface area contributed by atoms with Gasteiger partial charge in [0, 0.05) is 17.9 Å². The summed E-state index contributed by atoms with van der Waals surface area (Å²) in [6.45, 7) is 1.41. The number of halogens is 1. The number of alkyl halides is 1. The molecular formula is C14H14ClNO2. The summed E-state index contributed by atoms with van der Waals surface area (Å²) >= 11 is 5.66. The van der Waals surface area contributed by atoms with E-state index in [1.807, 2.05) is 0 Å². The van der Waals surface area contributed by atoms with E-state index in [1.54, 1.807) is 6.20 Å². The van der Waals surface area contributed by atoms with E-state index in [9.17, 15) is 0 Å². The second-order valence-electron chi connectivity index (χ2n) is 4.39. The van der Waals surface area contributed by atoms with E-state index < -0.39 is 0 Å². The zero-order valence-electron chi connectivity index (χ0n) is 9.99. The molecule has 1 aliphatic heterocycles. The first kappa shape index (κ1) is 11.8. The molecule has 4 heteroatoms. The Morgan fingerprint density at radius 2 is 2.11 bits per heavy atom. The van der Waals surface area contributed by atoms with Gasteiger partial charge in [0.05, 0.1) is 19.4 Å². The molecule has 0 unspecified atom stereocenters. The molecule has 3 rings (SSSR count). The third-order valence-electron chi connectivity index (χ3n) is 3.08. The molecule has 0 N–H and O–H groups in total. The van der Waals surface area contributed by atoms with Crippen molar-refractivity contribution >= 4 is 11.6 Å². The van der Waals surface area contributed by atoms with Gasteiger partial charge in [-0.05, 0) is 23.6 Å². The molecule has 0 spiro atoms. The summed E-state index contributed by atoms with van der Waals surface area (Å²) in [6.07, 6.45) is 3.46. The predicted molar refractivity (Wildman–Crippen MR) is 69.5 cm³/mol. The van der Waals surface area contributed by atoms with Gasteiger partial charge in [0.1, 0.15) is 0 Å². The zero-order chi connectivity index (χ0) is 12.4. The Bertz CT molecular complexity index is 550. The van der Waals surface area contributed by atoms with Crippen LogP contribution >= 0.6 is 11.6 Å². The maximum absolute atomic E-state index is 5.72. The molecule has 1 aromatic heterocycles. The van der Waals surface area contributed by atoms with Gasteiger partial charge >= 0.3 is 0 Å². The highest BCUT2D eigenvalue weighted by Crippen LogP contribution is 2.27. The summed E-state index contributed by atoms with van der Waals surface area (Å²) < 4.78 is 11.1. The Labute approximate surface area is 111 Å². The number of fused-ring (bicyclic) bond motifs is 1. The van der Waals surface area contributed by atoms with E-state index in [4.69, 9.17) is 20.8 Å². The molecule has 1 aromatic carbocycles. The molecule has 0 aliphatic carbocycles. The van der Waals surface area contributed by atoms with Crippen LogP contribution in [-0.4, -0.2) is 10.9 Å². The van der Waals surface area contributed by atoms with Crippen LogP contribution in [0.15, 0.2) is 28.8 Å². The first-order valence-corrected chi connectivity index (χ1v) is 6.61. The van der Waals surface area contributed by atoms with Gasteiger partial charge in [0.2, 0.25) is 0 Å². The largest absolute Gasteiger partial charge is 0.441 e. The summed E-state index contributed by atoms with van der Waals surface area (Å²) in [5.41, 5.74) is 3.57. The van der Waals surface area contributed by atoms with Gasteiger partial charge in [-0.2, -0.15) is 0 Å². The van der Waals surface area contributed by atoms with Crippen molar-refractivity contribution in [3.63, 3.8) is 0 Å². The fourth-order valence-corrected chi connectivity index (χ4v) is 2.24. The maximum atomic E-state index is 5.72. The lowest BCUT2D eigenvalue weighted by Crippen LogP contribution is -1.85. The average Bonchev–Trinajstić information content (AvgIpc) is 3.04. The van der Waals surface area contributed by atoms with Gasteiger partial charge in [-0.3, -0.25) is 0 Å². The standard InChI is InChI=1S/C14H14ClNO2/c15-5-1-2-14-16-7-13(18-14)10-3-4-11-8-17-9-12(11)6-10/h3-4,6-7H,1-2,5,8-9H2. The molecule has 0 fully saturated rings. The summed E-state index contributed by atoms with van der Waals surface area (Å²) in [5, 5.41) is 0. The zero-order valence-corrected chi connectivity index (χ0v) is 10.7. The Balaban J connectivity index is 1.83. The molecule has 1 aliphatic rings. The monoisotopic (exact) mass is 263 g/mol. The number of rotatable bonds is 4. The second-order valence-corrected chi connectivity index (χ2v) is 4.77. The van der Waals surface area contributed by atoms with Gasteiger partial charge < -0.3 is 9.15 Å². The fourth-order valence-electron chi connectivity index (χ4n) is 2.10. The molecule has 18 heavy (non-hydrogen) atoms. The molecule has 2 aromatic rings. The molecule has 0 radical (unpaired) electrons. The van der Waals surface area contributed by atoms with Crippen LogP contribution in [0, 0.1) is 0 Å². The maximum Gasteiger partial charge on any atom is 0.194 e.